The molecule has 0 aliphatic rings. The molecule has 4 N–H and O–H groups in total. The van der Waals surface area contributed by atoms with Crippen LogP contribution in [-0.2, 0) is 61.1 Å². The molecule has 5 aromatic heterocycles. The van der Waals surface area contributed by atoms with Gasteiger partial charge in [0.25, 0.3) is 11.8 Å². The molecule has 360 valence electrons. The fourth-order valence-electron chi connectivity index (χ4n) is 7.44. The number of amides is 4. The molecule has 4 amide bonds. The maximum absolute atomic E-state index is 13.0. The van der Waals surface area contributed by atoms with E-state index in [0.717, 1.165) is 93.3 Å². The molecule has 0 aliphatic heterocycles. The largest absolute Gasteiger partial charge is 0.350 e. The minimum Gasteiger partial charge on any atom is -0.350 e. The third-order valence-electron chi connectivity index (χ3n) is 11.1. The second-order valence-corrected chi connectivity index (χ2v) is 18.7. The van der Waals surface area contributed by atoms with Crippen molar-refractivity contribution in [2.24, 2.45) is 0 Å². The highest BCUT2D eigenvalue weighted by molar-refractivity contribution is 7.13. The molecule has 0 fully saturated rings. The standard InChI is InChI=1S/C52H51N13O4S2/c66-45(56-43-24-22-41(58-60-43)19-5-7-21-48-63-65-52(71-48)50(69)55-34-36-11-2-1-3-12-36)31-37-14-9-17-40(30-37)39-16-8-13-35(29-39)26-28-54-49(68)51-64-62-47(70-51)20-6-4-18-42-23-25-44(61-59-42)57-46(67)32-38-15-10-27-53-33-38/h1-3,8-17,22-25,27,29-30,33H,4-7,18-21,26,28,31-32,34H2,(H,54,68)(H,55,69)(H,56,60,66)(H,57,61,67). The number of carbonyl (C=O) groups excluding carboxylic acids is 4. The Morgan fingerprint density at radius 1 is 0.451 bits per heavy atom. The van der Waals surface area contributed by atoms with Gasteiger partial charge in [0.05, 0.1) is 24.2 Å². The van der Waals surface area contributed by atoms with E-state index in [1.54, 1.807) is 30.6 Å². The molecule has 0 unspecified atom stereocenters. The lowest BCUT2D eigenvalue weighted by atomic mass is 9.99. The molecular formula is C52H51N13O4S2. The number of carbonyl (C=O) groups is 4. The fraction of sp³-hybridized carbons (Fsp3) is 0.250. The van der Waals surface area contributed by atoms with E-state index in [4.69, 9.17) is 0 Å². The molecule has 0 atom stereocenters. The quantitative estimate of drug-likeness (QED) is 0.0432. The van der Waals surface area contributed by atoms with Gasteiger partial charge in [-0.1, -0.05) is 108 Å². The van der Waals surface area contributed by atoms with Crippen molar-refractivity contribution in [3.63, 3.8) is 0 Å². The van der Waals surface area contributed by atoms with Gasteiger partial charge in [0.1, 0.15) is 10.0 Å². The monoisotopic (exact) mass is 985 g/mol. The van der Waals surface area contributed by atoms with E-state index in [2.05, 4.69) is 73.1 Å². The predicted molar refractivity (Wildman–Crippen MR) is 272 cm³/mol. The van der Waals surface area contributed by atoms with Gasteiger partial charge in [-0.3, -0.25) is 24.2 Å². The molecule has 8 rings (SSSR count). The van der Waals surface area contributed by atoms with Crippen LogP contribution in [0.1, 0.15) is 88.9 Å². The Balaban J connectivity index is 0.704. The van der Waals surface area contributed by atoms with Crippen LogP contribution in [0.2, 0.25) is 0 Å². The average Bonchev–Trinajstić information content (AvgIpc) is 4.08. The van der Waals surface area contributed by atoms with Gasteiger partial charge in [-0.15, -0.1) is 30.6 Å². The van der Waals surface area contributed by atoms with Crippen LogP contribution >= 0.6 is 22.7 Å². The summed E-state index contributed by atoms with van der Waals surface area (Å²) in [5, 5.41) is 47.4. The summed E-state index contributed by atoms with van der Waals surface area (Å²) in [6, 6.07) is 36.6. The van der Waals surface area contributed by atoms with Crippen molar-refractivity contribution in [3.8, 4) is 11.1 Å². The topological polar surface area (TPSA) is 232 Å². The lowest BCUT2D eigenvalue weighted by Crippen LogP contribution is -2.25. The number of nitrogens with zero attached hydrogens (tertiary/aromatic N) is 9. The number of benzene rings is 3. The molecular weight excluding hydrogens is 935 g/mol. The van der Waals surface area contributed by atoms with Crippen LogP contribution in [0.5, 0.6) is 0 Å². The van der Waals surface area contributed by atoms with E-state index in [0.29, 0.717) is 54.0 Å². The molecule has 0 saturated carbocycles. The molecule has 0 spiro atoms. The van der Waals surface area contributed by atoms with Crippen molar-refractivity contribution in [3.05, 3.63) is 181 Å². The summed E-state index contributed by atoms with van der Waals surface area (Å²) in [6.07, 6.45) is 10.6. The molecule has 0 bridgehead atoms. The normalized spacial score (nSPS) is 10.9. The summed E-state index contributed by atoms with van der Waals surface area (Å²) in [4.78, 5) is 54.8. The van der Waals surface area contributed by atoms with E-state index >= 15 is 0 Å². The lowest BCUT2D eigenvalue weighted by molar-refractivity contribution is -0.116. The Morgan fingerprint density at radius 2 is 0.986 bits per heavy atom. The number of aromatic nitrogens is 9. The van der Waals surface area contributed by atoms with Crippen LogP contribution in [0.25, 0.3) is 11.1 Å². The predicted octanol–water partition coefficient (Wildman–Crippen LogP) is 7.43. The summed E-state index contributed by atoms with van der Waals surface area (Å²) in [5.41, 5.74) is 7.39. The first kappa shape index (κ1) is 49.4. The van der Waals surface area contributed by atoms with Gasteiger partial charge in [-0.05, 0) is 109 Å². The Labute approximate surface area is 418 Å². The summed E-state index contributed by atoms with van der Waals surface area (Å²) >= 11 is 2.61. The zero-order chi connectivity index (χ0) is 49.0. The smallest absolute Gasteiger partial charge is 0.282 e. The molecule has 5 heterocycles. The zero-order valence-electron chi connectivity index (χ0n) is 38.8. The maximum atomic E-state index is 13.0. The minimum absolute atomic E-state index is 0.167. The van der Waals surface area contributed by atoms with Crippen LogP contribution in [0.15, 0.2) is 128 Å². The highest BCUT2D eigenvalue weighted by Gasteiger charge is 2.15. The number of nitrogens with one attached hydrogen (secondary N) is 4. The second-order valence-electron chi connectivity index (χ2n) is 16.6. The maximum Gasteiger partial charge on any atom is 0.282 e. The van der Waals surface area contributed by atoms with Crippen molar-refractivity contribution in [2.45, 2.75) is 77.2 Å². The number of hydrogen-bond donors (Lipinski definition) is 4. The van der Waals surface area contributed by atoms with Gasteiger partial charge < -0.3 is 21.3 Å². The highest BCUT2D eigenvalue weighted by atomic mass is 32.1. The first-order chi connectivity index (χ1) is 34.8. The lowest BCUT2D eigenvalue weighted by Gasteiger charge is -2.09. The number of rotatable bonds is 24. The van der Waals surface area contributed by atoms with Gasteiger partial charge in [0, 0.05) is 38.3 Å². The molecule has 0 saturated heterocycles. The minimum atomic E-state index is -0.254. The Hall–Kier alpha value is -8.03. The van der Waals surface area contributed by atoms with Crippen LogP contribution in [-0.4, -0.2) is 75.9 Å². The molecule has 17 nitrogen and oxygen atoms in total. The van der Waals surface area contributed by atoms with Gasteiger partial charge in [0.2, 0.25) is 21.8 Å². The SMILES string of the molecule is O=C(Cc1cccnc1)Nc1ccc(CCCCc2nnc(C(=O)NCCc3cccc(-c4cccc(CC(=O)Nc5ccc(CCCCc6nnc(C(=O)NCc7ccccc7)s6)nn5)c4)c3)s2)nn1. The highest BCUT2D eigenvalue weighted by Crippen LogP contribution is 2.23. The number of pyridine rings is 1. The Morgan fingerprint density at radius 3 is 1.56 bits per heavy atom. The zero-order valence-corrected chi connectivity index (χ0v) is 40.4. The summed E-state index contributed by atoms with van der Waals surface area (Å²) < 4.78 is 0. The van der Waals surface area contributed by atoms with Crippen LogP contribution in [0, 0.1) is 0 Å². The van der Waals surface area contributed by atoms with Gasteiger partial charge in [-0.2, -0.15) is 10.2 Å². The molecule has 19 heteroatoms. The van der Waals surface area contributed by atoms with Crippen molar-refractivity contribution in [1.29, 1.82) is 0 Å². The third-order valence-corrected chi connectivity index (χ3v) is 13.0. The summed E-state index contributed by atoms with van der Waals surface area (Å²) in [5.74, 6) is -0.0697. The van der Waals surface area contributed by atoms with Crippen LogP contribution in [0.3, 0.4) is 0 Å². The number of unbranched alkanes of at least 4 members (excludes halogenated alkanes) is 2. The van der Waals surface area contributed by atoms with Crippen molar-refractivity contribution in [2.75, 3.05) is 17.2 Å². The van der Waals surface area contributed by atoms with Crippen LogP contribution in [0.4, 0.5) is 11.6 Å². The first-order valence-electron chi connectivity index (χ1n) is 23.3. The molecule has 3 aromatic carbocycles. The van der Waals surface area contributed by atoms with Gasteiger partial charge in [-0.25, -0.2) is 0 Å². The van der Waals surface area contributed by atoms with E-state index < -0.39 is 0 Å². The molecule has 71 heavy (non-hydrogen) atoms. The molecule has 8 aromatic rings. The number of hydrogen-bond acceptors (Lipinski definition) is 15. The Bertz CT molecular complexity index is 3010. The molecule has 0 aliphatic carbocycles. The summed E-state index contributed by atoms with van der Waals surface area (Å²) in [6.45, 7) is 0.868. The van der Waals surface area contributed by atoms with Crippen molar-refractivity contribution in [1.82, 2.24) is 56.4 Å². The van der Waals surface area contributed by atoms with E-state index in [9.17, 15) is 19.2 Å². The second kappa shape index (κ2) is 25.5. The fourth-order valence-corrected chi connectivity index (χ4v) is 9.04. The molecule has 0 radical (unpaired) electrons. The van der Waals surface area contributed by atoms with Crippen LogP contribution < -0.4 is 21.3 Å². The van der Waals surface area contributed by atoms with E-state index in [1.807, 2.05) is 91.0 Å². The van der Waals surface area contributed by atoms with Gasteiger partial charge in [0.15, 0.2) is 11.6 Å². The average molecular weight is 986 g/mol. The number of anilines is 2. The summed E-state index contributed by atoms with van der Waals surface area (Å²) in [7, 11) is 0. The van der Waals surface area contributed by atoms with Gasteiger partial charge >= 0.3 is 0 Å². The van der Waals surface area contributed by atoms with E-state index in [-0.39, 0.29) is 36.5 Å². The van der Waals surface area contributed by atoms with Crippen molar-refractivity contribution < 1.29 is 19.2 Å². The first-order valence-corrected chi connectivity index (χ1v) is 25.0. The Kier molecular flexibility index (Phi) is 17.8. The van der Waals surface area contributed by atoms with Crippen molar-refractivity contribution >= 4 is 57.9 Å². The third kappa shape index (κ3) is 15.7. The van der Waals surface area contributed by atoms with E-state index in [1.165, 1.54) is 22.7 Å². The number of aryl methyl sites for hydroxylation is 4.